The highest BCUT2D eigenvalue weighted by molar-refractivity contribution is 7.99. The van der Waals surface area contributed by atoms with E-state index >= 15 is 0 Å². The van der Waals surface area contributed by atoms with Gasteiger partial charge in [0.05, 0.1) is 0 Å². The van der Waals surface area contributed by atoms with E-state index in [9.17, 15) is 14.4 Å². The zero-order valence-corrected chi connectivity index (χ0v) is 10.3. The van der Waals surface area contributed by atoms with E-state index in [1.165, 1.54) is 34.9 Å². The Labute approximate surface area is 107 Å². The van der Waals surface area contributed by atoms with Crippen LogP contribution in [0.2, 0.25) is 0 Å². The first kappa shape index (κ1) is 12.7. The molecule has 0 aliphatic carbocycles. The summed E-state index contributed by atoms with van der Waals surface area (Å²) >= 11 is 1.50. The molecule has 1 aromatic heterocycles. The maximum absolute atomic E-state index is 12.2. The van der Waals surface area contributed by atoms with Crippen molar-refractivity contribution in [3.8, 4) is 0 Å². The highest BCUT2D eigenvalue weighted by Gasteiger charge is 2.33. The van der Waals surface area contributed by atoms with E-state index in [0.29, 0.717) is 18.1 Å². The zero-order valence-electron chi connectivity index (χ0n) is 9.46. The number of H-pyrrole nitrogens is 1. The van der Waals surface area contributed by atoms with Crippen molar-refractivity contribution in [2.75, 3.05) is 18.1 Å². The van der Waals surface area contributed by atoms with Gasteiger partial charge >= 0.3 is 5.97 Å². The molecule has 1 aliphatic rings. The van der Waals surface area contributed by atoms with E-state index in [1.54, 1.807) is 0 Å². The summed E-state index contributed by atoms with van der Waals surface area (Å²) in [5.74, 6) is -0.390. The molecule has 1 aromatic rings. The van der Waals surface area contributed by atoms with Crippen molar-refractivity contribution in [3.63, 3.8) is 0 Å². The van der Waals surface area contributed by atoms with E-state index in [0.717, 1.165) is 0 Å². The minimum Gasteiger partial charge on any atom is -0.480 e. The van der Waals surface area contributed by atoms with Crippen LogP contribution in [-0.4, -0.2) is 51.0 Å². The molecule has 0 spiro atoms. The van der Waals surface area contributed by atoms with Crippen molar-refractivity contribution in [2.45, 2.75) is 6.04 Å². The van der Waals surface area contributed by atoms with Gasteiger partial charge in [0.25, 0.3) is 5.91 Å². The number of carbonyl (C=O) groups is 2. The highest BCUT2D eigenvalue weighted by Crippen LogP contribution is 2.18. The second-order valence-electron chi connectivity index (χ2n) is 3.86. The van der Waals surface area contributed by atoms with E-state index in [1.807, 2.05) is 0 Å². The SMILES string of the molecule is O=C(O)C1CSCCN1C(=O)c1cccc(=O)[nH]1. The number of aromatic nitrogens is 1. The fraction of sp³-hybridized carbons (Fsp3) is 0.364. The Bertz CT molecular complexity index is 528. The molecule has 6 nitrogen and oxygen atoms in total. The summed E-state index contributed by atoms with van der Waals surface area (Å²) in [6.45, 7) is 0.372. The summed E-state index contributed by atoms with van der Waals surface area (Å²) in [4.78, 5) is 38.1. The molecular weight excluding hydrogens is 256 g/mol. The van der Waals surface area contributed by atoms with Crippen LogP contribution in [0.25, 0.3) is 0 Å². The maximum Gasteiger partial charge on any atom is 0.327 e. The van der Waals surface area contributed by atoms with Crippen LogP contribution in [0.15, 0.2) is 23.0 Å². The quantitative estimate of drug-likeness (QED) is 0.789. The fourth-order valence-electron chi connectivity index (χ4n) is 1.78. The molecule has 96 valence electrons. The molecule has 0 aromatic carbocycles. The summed E-state index contributed by atoms with van der Waals surface area (Å²) in [6.07, 6.45) is 0. The highest BCUT2D eigenvalue weighted by atomic mass is 32.2. The second kappa shape index (κ2) is 5.26. The number of carbonyl (C=O) groups excluding carboxylic acids is 1. The summed E-state index contributed by atoms with van der Waals surface area (Å²) in [5, 5.41) is 9.08. The van der Waals surface area contributed by atoms with Crippen LogP contribution in [-0.2, 0) is 4.79 Å². The van der Waals surface area contributed by atoms with Crippen molar-refractivity contribution in [1.82, 2.24) is 9.88 Å². The molecule has 2 N–H and O–H groups in total. The molecule has 18 heavy (non-hydrogen) atoms. The lowest BCUT2D eigenvalue weighted by molar-refractivity contribution is -0.141. The zero-order chi connectivity index (χ0) is 13.1. The van der Waals surface area contributed by atoms with Gasteiger partial charge in [-0.2, -0.15) is 11.8 Å². The largest absolute Gasteiger partial charge is 0.480 e. The lowest BCUT2D eigenvalue weighted by Gasteiger charge is -2.32. The second-order valence-corrected chi connectivity index (χ2v) is 5.01. The van der Waals surface area contributed by atoms with Gasteiger partial charge in [0.1, 0.15) is 11.7 Å². The van der Waals surface area contributed by atoms with Gasteiger partial charge in [-0.05, 0) is 6.07 Å². The van der Waals surface area contributed by atoms with Gasteiger partial charge in [0, 0.05) is 24.1 Å². The number of aliphatic carboxylic acids is 1. The normalized spacial score (nSPS) is 19.6. The van der Waals surface area contributed by atoms with Crippen molar-refractivity contribution in [2.24, 2.45) is 0 Å². The molecule has 1 amide bonds. The Morgan fingerprint density at radius 3 is 2.89 bits per heavy atom. The average Bonchev–Trinajstić information content (AvgIpc) is 2.38. The molecule has 0 radical (unpaired) electrons. The van der Waals surface area contributed by atoms with E-state index in [-0.39, 0.29) is 11.3 Å². The molecule has 0 saturated carbocycles. The van der Waals surface area contributed by atoms with Crippen LogP contribution in [0.1, 0.15) is 10.5 Å². The van der Waals surface area contributed by atoms with Gasteiger partial charge in [0.2, 0.25) is 5.56 Å². The molecule has 1 aliphatic heterocycles. The minimum absolute atomic E-state index is 0.126. The summed E-state index contributed by atoms with van der Waals surface area (Å²) in [7, 11) is 0. The van der Waals surface area contributed by atoms with Crippen LogP contribution in [0.5, 0.6) is 0 Å². The van der Waals surface area contributed by atoms with Gasteiger partial charge in [0.15, 0.2) is 0 Å². The summed E-state index contributed by atoms with van der Waals surface area (Å²) < 4.78 is 0. The van der Waals surface area contributed by atoms with Crippen molar-refractivity contribution in [1.29, 1.82) is 0 Å². The number of carboxylic acids is 1. The lowest BCUT2D eigenvalue weighted by Crippen LogP contribution is -2.50. The van der Waals surface area contributed by atoms with Crippen molar-refractivity contribution in [3.05, 3.63) is 34.2 Å². The van der Waals surface area contributed by atoms with Crippen molar-refractivity contribution >= 4 is 23.6 Å². The number of aromatic amines is 1. The first-order chi connectivity index (χ1) is 8.59. The molecule has 7 heteroatoms. The molecule has 1 fully saturated rings. The lowest BCUT2D eigenvalue weighted by atomic mass is 10.2. The van der Waals surface area contributed by atoms with Gasteiger partial charge in [-0.15, -0.1) is 0 Å². The molecule has 2 heterocycles. The smallest absolute Gasteiger partial charge is 0.327 e. The summed E-state index contributed by atoms with van der Waals surface area (Å²) in [6, 6.07) is 3.42. The van der Waals surface area contributed by atoms with E-state index < -0.39 is 17.9 Å². The topological polar surface area (TPSA) is 90.5 Å². The average molecular weight is 268 g/mol. The standard InChI is InChI=1S/C11H12N2O4S/c14-9-3-1-2-7(12-9)10(15)13-4-5-18-6-8(13)11(16)17/h1-3,8H,4-6H2,(H,12,14)(H,16,17). The Balaban J connectivity index is 2.26. The molecule has 1 unspecified atom stereocenters. The Morgan fingerprint density at radius 2 is 2.22 bits per heavy atom. The maximum atomic E-state index is 12.2. The molecular formula is C11H12N2O4S. The van der Waals surface area contributed by atoms with E-state index in [2.05, 4.69) is 4.98 Å². The first-order valence-corrected chi connectivity index (χ1v) is 6.56. The summed E-state index contributed by atoms with van der Waals surface area (Å²) in [5.41, 5.74) is -0.250. The predicted molar refractivity (Wildman–Crippen MR) is 66.8 cm³/mol. The number of nitrogens with one attached hydrogen (secondary N) is 1. The molecule has 2 rings (SSSR count). The number of hydrogen-bond donors (Lipinski definition) is 2. The minimum atomic E-state index is -1.02. The van der Waals surface area contributed by atoms with Crippen LogP contribution in [0.4, 0.5) is 0 Å². The number of nitrogens with zero attached hydrogens (tertiary/aromatic N) is 1. The van der Waals surface area contributed by atoms with Gasteiger partial charge in [-0.25, -0.2) is 4.79 Å². The number of pyridine rings is 1. The van der Waals surface area contributed by atoms with Gasteiger partial charge in [-0.1, -0.05) is 6.07 Å². The van der Waals surface area contributed by atoms with Crippen LogP contribution < -0.4 is 5.56 Å². The third-order valence-electron chi connectivity index (χ3n) is 2.67. The van der Waals surface area contributed by atoms with Gasteiger partial charge in [-0.3, -0.25) is 9.59 Å². The number of amides is 1. The van der Waals surface area contributed by atoms with Gasteiger partial charge < -0.3 is 15.0 Å². The number of carboxylic acid groups (broad SMARTS) is 1. The predicted octanol–water partition coefficient (Wildman–Crippen LogP) is 0.0171. The number of thioether (sulfide) groups is 1. The number of hydrogen-bond acceptors (Lipinski definition) is 4. The third-order valence-corrected chi connectivity index (χ3v) is 3.70. The van der Waals surface area contributed by atoms with Crippen molar-refractivity contribution < 1.29 is 14.7 Å². The number of rotatable bonds is 2. The fourth-order valence-corrected chi connectivity index (χ4v) is 2.82. The molecule has 1 saturated heterocycles. The Kier molecular flexibility index (Phi) is 3.71. The third kappa shape index (κ3) is 2.56. The molecule has 0 bridgehead atoms. The first-order valence-electron chi connectivity index (χ1n) is 5.40. The molecule has 1 atom stereocenters. The van der Waals surface area contributed by atoms with E-state index in [4.69, 9.17) is 5.11 Å². The van der Waals surface area contributed by atoms with Crippen LogP contribution in [0.3, 0.4) is 0 Å². The Morgan fingerprint density at radius 1 is 1.44 bits per heavy atom. The Hall–Kier alpha value is -1.76. The van der Waals surface area contributed by atoms with Crippen LogP contribution in [0, 0.1) is 0 Å². The monoisotopic (exact) mass is 268 g/mol. The van der Waals surface area contributed by atoms with Crippen LogP contribution >= 0.6 is 11.8 Å².